The molecule has 1 aromatic carbocycles. The predicted molar refractivity (Wildman–Crippen MR) is 78.2 cm³/mol. The first-order valence-corrected chi connectivity index (χ1v) is 6.76. The van der Waals surface area contributed by atoms with Gasteiger partial charge in [-0.05, 0) is 25.3 Å². The number of nitrogens with one attached hydrogen (secondary N) is 1. The molecule has 0 spiro atoms. The van der Waals surface area contributed by atoms with Crippen molar-refractivity contribution in [2.24, 2.45) is 5.92 Å². The number of aliphatic hydroxyl groups excluding tert-OH is 1. The third-order valence-electron chi connectivity index (χ3n) is 3.62. The molecule has 19 heavy (non-hydrogen) atoms. The lowest BCUT2D eigenvalue weighted by atomic mass is 9.96. The number of benzene rings is 1. The maximum absolute atomic E-state index is 9.46. The molecular formula is C16H22N2O. The molecule has 1 unspecified atom stereocenters. The van der Waals surface area contributed by atoms with Crippen LogP contribution in [0.2, 0.25) is 0 Å². The van der Waals surface area contributed by atoms with Crippen molar-refractivity contribution in [2.45, 2.75) is 33.6 Å². The van der Waals surface area contributed by atoms with E-state index in [0.717, 1.165) is 11.5 Å². The van der Waals surface area contributed by atoms with Gasteiger partial charge in [0, 0.05) is 11.5 Å². The normalized spacial score (nSPS) is 12.9. The number of H-pyrrole nitrogens is 1. The molecule has 0 aliphatic carbocycles. The Kier molecular flexibility index (Phi) is 4.05. The Hall–Kier alpha value is -1.61. The van der Waals surface area contributed by atoms with Gasteiger partial charge in [-0.1, -0.05) is 37.6 Å². The summed E-state index contributed by atoms with van der Waals surface area (Å²) in [6, 6.07) is 6.39. The van der Waals surface area contributed by atoms with Gasteiger partial charge in [0.05, 0.1) is 18.5 Å². The summed E-state index contributed by atoms with van der Waals surface area (Å²) in [7, 11) is 0. The molecule has 2 aromatic rings. The second kappa shape index (κ2) is 5.57. The van der Waals surface area contributed by atoms with Crippen molar-refractivity contribution < 1.29 is 5.11 Å². The van der Waals surface area contributed by atoms with E-state index in [9.17, 15) is 5.11 Å². The number of hydrogen-bond donors (Lipinski definition) is 2. The Morgan fingerprint density at radius 1 is 1.26 bits per heavy atom. The Morgan fingerprint density at radius 2 is 2.00 bits per heavy atom. The quantitative estimate of drug-likeness (QED) is 0.882. The number of aliphatic hydroxyl groups is 1. The molecule has 0 aliphatic rings. The number of imidazole rings is 1. The summed E-state index contributed by atoms with van der Waals surface area (Å²) in [6.45, 7) is 8.52. The summed E-state index contributed by atoms with van der Waals surface area (Å²) in [6.07, 6.45) is 1.86. The van der Waals surface area contributed by atoms with Crippen LogP contribution in [-0.2, 0) is 0 Å². The first kappa shape index (κ1) is 13.8. The second-order valence-corrected chi connectivity index (χ2v) is 5.53. The average molecular weight is 258 g/mol. The van der Waals surface area contributed by atoms with Gasteiger partial charge in [-0.3, -0.25) is 0 Å². The Balaban J connectivity index is 2.35. The lowest BCUT2D eigenvalue weighted by molar-refractivity contribution is 0.232. The van der Waals surface area contributed by atoms with Crippen LogP contribution in [-0.4, -0.2) is 21.7 Å². The third-order valence-corrected chi connectivity index (χ3v) is 3.62. The van der Waals surface area contributed by atoms with Gasteiger partial charge >= 0.3 is 0 Å². The number of aryl methyl sites for hydroxylation is 2. The van der Waals surface area contributed by atoms with Crippen LogP contribution in [0.1, 0.15) is 36.7 Å². The molecule has 0 saturated heterocycles. The number of hydrogen-bond acceptors (Lipinski definition) is 2. The molecule has 0 radical (unpaired) electrons. The largest absolute Gasteiger partial charge is 0.396 e. The zero-order valence-electron chi connectivity index (χ0n) is 12.1. The summed E-state index contributed by atoms with van der Waals surface area (Å²) in [5, 5.41) is 9.46. The fourth-order valence-corrected chi connectivity index (χ4v) is 2.39. The van der Waals surface area contributed by atoms with Crippen molar-refractivity contribution in [3.63, 3.8) is 0 Å². The van der Waals surface area contributed by atoms with Crippen molar-refractivity contribution in [2.75, 3.05) is 6.61 Å². The highest BCUT2D eigenvalue weighted by molar-refractivity contribution is 5.63. The minimum Gasteiger partial charge on any atom is -0.396 e. The smallest absolute Gasteiger partial charge is 0.112 e. The second-order valence-electron chi connectivity index (χ2n) is 5.53. The highest BCUT2D eigenvalue weighted by atomic mass is 16.3. The third kappa shape index (κ3) is 2.87. The van der Waals surface area contributed by atoms with E-state index in [4.69, 9.17) is 0 Å². The number of aromatic amines is 1. The van der Waals surface area contributed by atoms with Crippen LogP contribution in [0.4, 0.5) is 0 Å². The molecule has 2 rings (SSSR count). The fraction of sp³-hybridized carbons (Fsp3) is 0.438. The van der Waals surface area contributed by atoms with E-state index in [1.165, 1.54) is 16.7 Å². The summed E-state index contributed by atoms with van der Waals surface area (Å²) >= 11 is 0. The SMILES string of the molecule is Cc1ccc(-c2cnc(C(CO)C(C)C)[nH]2)c(C)c1. The predicted octanol–water partition coefficient (Wildman–Crippen LogP) is 3.43. The Morgan fingerprint density at radius 3 is 2.58 bits per heavy atom. The molecule has 0 amide bonds. The fourth-order valence-electron chi connectivity index (χ4n) is 2.39. The van der Waals surface area contributed by atoms with Crippen LogP contribution in [0, 0.1) is 19.8 Å². The van der Waals surface area contributed by atoms with Crippen LogP contribution in [0.5, 0.6) is 0 Å². The number of rotatable bonds is 4. The molecule has 0 bridgehead atoms. The summed E-state index contributed by atoms with van der Waals surface area (Å²) in [4.78, 5) is 7.78. The number of nitrogens with zero attached hydrogens (tertiary/aromatic N) is 1. The van der Waals surface area contributed by atoms with E-state index in [2.05, 4.69) is 55.9 Å². The molecule has 1 aromatic heterocycles. The maximum atomic E-state index is 9.46. The van der Waals surface area contributed by atoms with Crippen molar-refractivity contribution in [3.8, 4) is 11.3 Å². The Labute approximate surface area is 114 Å². The van der Waals surface area contributed by atoms with Crippen LogP contribution in [0.25, 0.3) is 11.3 Å². The first-order valence-electron chi connectivity index (χ1n) is 6.76. The van der Waals surface area contributed by atoms with Gasteiger partial charge in [-0.25, -0.2) is 4.98 Å². The molecule has 102 valence electrons. The average Bonchev–Trinajstić information content (AvgIpc) is 2.78. The van der Waals surface area contributed by atoms with Gasteiger partial charge in [0.15, 0.2) is 0 Å². The van der Waals surface area contributed by atoms with Crippen molar-refractivity contribution >= 4 is 0 Å². The van der Waals surface area contributed by atoms with E-state index in [1.807, 2.05) is 6.20 Å². The molecular weight excluding hydrogens is 236 g/mol. The molecule has 3 heteroatoms. The van der Waals surface area contributed by atoms with E-state index in [-0.39, 0.29) is 12.5 Å². The molecule has 1 atom stereocenters. The van der Waals surface area contributed by atoms with Crippen LogP contribution in [0.15, 0.2) is 24.4 Å². The van der Waals surface area contributed by atoms with Gasteiger partial charge in [0.25, 0.3) is 0 Å². The van der Waals surface area contributed by atoms with E-state index in [0.29, 0.717) is 5.92 Å². The molecule has 0 saturated carbocycles. The van der Waals surface area contributed by atoms with Gasteiger partial charge in [0.1, 0.15) is 5.82 Å². The van der Waals surface area contributed by atoms with Gasteiger partial charge in [-0.15, -0.1) is 0 Å². The maximum Gasteiger partial charge on any atom is 0.112 e. The monoisotopic (exact) mass is 258 g/mol. The lowest BCUT2D eigenvalue weighted by Gasteiger charge is -2.15. The minimum atomic E-state index is 0.0690. The van der Waals surface area contributed by atoms with Crippen molar-refractivity contribution in [1.29, 1.82) is 0 Å². The van der Waals surface area contributed by atoms with Crippen LogP contribution < -0.4 is 0 Å². The van der Waals surface area contributed by atoms with Crippen molar-refractivity contribution in [3.05, 3.63) is 41.3 Å². The molecule has 1 heterocycles. The highest BCUT2D eigenvalue weighted by Gasteiger charge is 2.18. The topological polar surface area (TPSA) is 48.9 Å². The van der Waals surface area contributed by atoms with E-state index < -0.39 is 0 Å². The standard InChI is InChI=1S/C16H22N2O/c1-10(2)14(9-19)16-17-8-15(18-16)13-6-5-11(3)7-12(13)4/h5-8,10,14,19H,9H2,1-4H3,(H,17,18). The zero-order chi connectivity index (χ0) is 14.0. The van der Waals surface area contributed by atoms with Gasteiger partial charge in [0.2, 0.25) is 0 Å². The summed E-state index contributed by atoms with van der Waals surface area (Å²) in [5.41, 5.74) is 4.69. The lowest BCUT2D eigenvalue weighted by Crippen LogP contribution is -2.12. The Bertz CT molecular complexity index is 558. The van der Waals surface area contributed by atoms with Crippen LogP contribution in [0.3, 0.4) is 0 Å². The number of aromatic nitrogens is 2. The summed E-state index contributed by atoms with van der Waals surface area (Å²) < 4.78 is 0. The molecule has 0 fully saturated rings. The highest BCUT2D eigenvalue weighted by Crippen LogP contribution is 2.26. The van der Waals surface area contributed by atoms with Crippen molar-refractivity contribution in [1.82, 2.24) is 9.97 Å². The molecule has 2 N–H and O–H groups in total. The van der Waals surface area contributed by atoms with Crippen LogP contribution >= 0.6 is 0 Å². The van der Waals surface area contributed by atoms with Gasteiger partial charge < -0.3 is 10.1 Å². The van der Waals surface area contributed by atoms with E-state index in [1.54, 1.807) is 0 Å². The first-order chi connectivity index (χ1) is 9.02. The van der Waals surface area contributed by atoms with E-state index >= 15 is 0 Å². The molecule has 3 nitrogen and oxygen atoms in total. The van der Waals surface area contributed by atoms with Gasteiger partial charge in [-0.2, -0.15) is 0 Å². The molecule has 0 aliphatic heterocycles. The zero-order valence-corrected chi connectivity index (χ0v) is 12.1. The minimum absolute atomic E-state index is 0.0690. The summed E-state index contributed by atoms with van der Waals surface area (Å²) in [5.74, 6) is 1.30.